The predicted octanol–water partition coefficient (Wildman–Crippen LogP) is 3.53. The molecule has 2 aromatic carbocycles. The lowest BCUT2D eigenvalue weighted by Crippen LogP contribution is -2.18. The average molecular weight is 491 g/mol. The van der Waals surface area contributed by atoms with Gasteiger partial charge in [-0.25, -0.2) is 4.79 Å². The highest BCUT2D eigenvalue weighted by Gasteiger charge is 2.14. The van der Waals surface area contributed by atoms with Crippen molar-refractivity contribution in [3.8, 4) is 0 Å². The van der Waals surface area contributed by atoms with Gasteiger partial charge in [0.15, 0.2) is 11.5 Å². The molecule has 0 fully saturated rings. The second-order valence-corrected chi connectivity index (χ2v) is 8.69. The number of H-pyrrole nitrogens is 1. The minimum Gasteiger partial charge on any atom is -0.382 e. The van der Waals surface area contributed by atoms with Gasteiger partial charge in [-0.3, -0.25) is 4.57 Å². The van der Waals surface area contributed by atoms with E-state index in [-0.39, 0.29) is 11.5 Å². The normalized spacial score (nSPS) is 10.8. The second-order valence-electron chi connectivity index (χ2n) is 8.69. The number of aryl methyl sites for hydroxylation is 1. The van der Waals surface area contributed by atoms with E-state index < -0.39 is 0 Å². The van der Waals surface area contributed by atoms with Crippen LogP contribution in [-0.4, -0.2) is 33.1 Å². The van der Waals surface area contributed by atoms with E-state index >= 15 is 0 Å². The standard InChI is InChI=1S/C26H33N7O.CH5N/c1-3-4-5-14-29-25-31-23(27)22-24(32-25)33(26(34)30-22)17-21-12-10-20(11-13-21)16-28-15-19-8-6-18(2)7-9-19;1-2/h6-13,28H,3-5,14-17H2,1-2H3,(H,30,34)(H3,27,29,31,32);2H2,1H3. The molecule has 7 N–H and O–H groups in total. The Hall–Kier alpha value is -3.69. The van der Waals surface area contributed by atoms with Gasteiger partial charge in [0.05, 0.1) is 6.54 Å². The summed E-state index contributed by atoms with van der Waals surface area (Å²) < 4.78 is 1.61. The van der Waals surface area contributed by atoms with Gasteiger partial charge in [-0.1, -0.05) is 73.9 Å². The maximum absolute atomic E-state index is 12.6. The van der Waals surface area contributed by atoms with Crippen molar-refractivity contribution in [2.75, 3.05) is 24.6 Å². The summed E-state index contributed by atoms with van der Waals surface area (Å²) in [7, 11) is 1.50. The Morgan fingerprint density at radius 1 is 0.917 bits per heavy atom. The number of nitrogens with two attached hydrogens (primary N) is 2. The van der Waals surface area contributed by atoms with Crippen LogP contribution in [0.1, 0.15) is 48.4 Å². The van der Waals surface area contributed by atoms with Crippen LogP contribution >= 0.6 is 0 Å². The van der Waals surface area contributed by atoms with Crippen LogP contribution in [0.15, 0.2) is 53.3 Å². The molecule has 0 aliphatic rings. The largest absolute Gasteiger partial charge is 0.382 e. The fraction of sp³-hybridized carbons (Fsp3) is 0.370. The molecule has 0 radical (unpaired) electrons. The Morgan fingerprint density at radius 2 is 1.53 bits per heavy atom. The molecular formula is C27H38N8O. The zero-order valence-corrected chi connectivity index (χ0v) is 21.5. The molecule has 0 amide bonds. The van der Waals surface area contributed by atoms with Crippen molar-refractivity contribution in [1.29, 1.82) is 0 Å². The molecule has 192 valence electrons. The molecule has 0 aliphatic heterocycles. The third-order valence-electron chi connectivity index (χ3n) is 5.86. The number of aromatic amines is 1. The molecule has 36 heavy (non-hydrogen) atoms. The molecule has 0 bridgehead atoms. The zero-order chi connectivity index (χ0) is 25.9. The second kappa shape index (κ2) is 13.4. The number of nitrogens with zero attached hydrogens (tertiary/aromatic N) is 3. The van der Waals surface area contributed by atoms with Crippen LogP contribution < -0.4 is 27.8 Å². The van der Waals surface area contributed by atoms with Crippen LogP contribution in [0, 0.1) is 6.92 Å². The average Bonchev–Trinajstić information content (AvgIpc) is 3.21. The van der Waals surface area contributed by atoms with Crippen LogP contribution in [-0.2, 0) is 19.6 Å². The molecule has 0 spiro atoms. The Bertz CT molecular complexity index is 1280. The molecule has 9 nitrogen and oxygen atoms in total. The third kappa shape index (κ3) is 7.16. The van der Waals surface area contributed by atoms with Crippen molar-refractivity contribution < 1.29 is 0 Å². The smallest absolute Gasteiger partial charge is 0.328 e. The lowest BCUT2D eigenvalue weighted by molar-refractivity contribution is 0.692. The fourth-order valence-corrected chi connectivity index (χ4v) is 3.85. The minimum absolute atomic E-state index is 0.247. The maximum Gasteiger partial charge on any atom is 0.328 e. The van der Waals surface area contributed by atoms with Crippen molar-refractivity contribution in [2.24, 2.45) is 5.73 Å². The Balaban J connectivity index is 0.00000176. The molecule has 0 atom stereocenters. The first-order valence-corrected chi connectivity index (χ1v) is 12.4. The fourth-order valence-electron chi connectivity index (χ4n) is 3.85. The number of rotatable bonds is 11. The van der Waals surface area contributed by atoms with Gasteiger partial charge in [-0.15, -0.1) is 0 Å². The van der Waals surface area contributed by atoms with Gasteiger partial charge < -0.3 is 27.1 Å². The monoisotopic (exact) mass is 490 g/mol. The number of unbranched alkanes of at least 4 members (excludes halogenated alkanes) is 2. The van der Waals surface area contributed by atoms with E-state index in [1.165, 1.54) is 23.7 Å². The molecule has 0 saturated carbocycles. The van der Waals surface area contributed by atoms with E-state index in [4.69, 9.17) is 5.73 Å². The van der Waals surface area contributed by atoms with Crippen molar-refractivity contribution in [2.45, 2.75) is 52.7 Å². The van der Waals surface area contributed by atoms with Crippen molar-refractivity contribution in [3.05, 3.63) is 81.3 Å². The molecule has 0 aliphatic carbocycles. The Morgan fingerprint density at radius 3 is 2.17 bits per heavy atom. The molecule has 2 heterocycles. The van der Waals surface area contributed by atoms with Crippen LogP contribution in [0.25, 0.3) is 11.2 Å². The van der Waals surface area contributed by atoms with Crippen LogP contribution in [0.2, 0.25) is 0 Å². The number of nitrogen functional groups attached to an aromatic ring is 1. The van der Waals surface area contributed by atoms with Gasteiger partial charge in [0, 0.05) is 19.6 Å². The number of hydrogen-bond acceptors (Lipinski definition) is 7. The SMILES string of the molecule is CCCCCNc1nc(N)c2[nH]c(=O)n(Cc3ccc(CNCc4ccc(C)cc4)cc3)c2n1.CN. The highest BCUT2D eigenvalue weighted by atomic mass is 16.1. The molecule has 0 unspecified atom stereocenters. The summed E-state index contributed by atoms with van der Waals surface area (Å²) in [6.07, 6.45) is 3.31. The summed E-state index contributed by atoms with van der Waals surface area (Å²) in [5.74, 6) is 0.720. The van der Waals surface area contributed by atoms with E-state index in [9.17, 15) is 4.79 Å². The van der Waals surface area contributed by atoms with Gasteiger partial charge in [0.1, 0.15) is 5.52 Å². The lowest BCUT2D eigenvalue weighted by atomic mass is 10.1. The first-order chi connectivity index (χ1) is 17.5. The van der Waals surface area contributed by atoms with Gasteiger partial charge >= 0.3 is 5.69 Å². The summed E-state index contributed by atoms with van der Waals surface area (Å²) >= 11 is 0. The van der Waals surface area contributed by atoms with Crippen molar-refractivity contribution in [3.63, 3.8) is 0 Å². The van der Waals surface area contributed by atoms with Crippen LogP contribution in [0.5, 0.6) is 0 Å². The van der Waals surface area contributed by atoms with Crippen molar-refractivity contribution >= 4 is 22.9 Å². The van der Waals surface area contributed by atoms with Gasteiger partial charge in [0.2, 0.25) is 5.95 Å². The zero-order valence-electron chi connectivity index (χ0n) is 21.5. The molecule has 4 aromatic rings. The van der Waals surface area contributed by atoms with E-state index in [2.05, 4.69) is 81.6 Å². The Labute approximate surface area is 212 Å². The van der Waals surface area contributed by atoms with E-state index in [1.54, 1.807) is 4.57 Å². The Kier molecular flexibility index (Phi) is 10.0. The van der Waals surface area contributed by atoms with Gasteiger partial charge in [0.25, 0.3) is 0 Å². The molecule has 9 heteroatoms. The summed E-state index contributed by atoms with van der Waals surface area (Å²) in [5, 5.41) is 6.69. The lowest BCUT2D eigenvalue weighted by Gasteiger charge is -2.09. The molecule has 0 saturated heterocycles. The molecule has 2 aromatic heterocycles. The number of hydrogen-bond donors (Lipinski definition) is 5. The van der Waals surface area contributed by atoms with Gasteiger partial charge in [-0.2, -0.15) is 9.97 Å². The van der Waals surface area contributed by atoms with Crippen LogP contribution in [0.3, 0.4) is 0 Å². The summed E-state index contributed by atoms with van der Waals surface area (Å²) in [5.41, 5.74) is 16.1. The summed E-state index contributed by atoms with van der Waals surface area (Å²) in [4.78, 5) is 24.3. The van der Waals surface area contributed by atoms with E-state index in [1.807, 2.05) is 12.1 Å². The highest BCUT2D eigenvalue weighted by Crippen LogP contribution is 2.18. The minimum atomic E-state index is -0.247. The number of imidazole rings is 1. The number of benzene rings is 2. The highest BCUT2D eigenvalue weighted by molar-refractivity contribution is 5.82. The van der Waals surface area contributed by atoms with E-state index in [0.717, 1.165) is 44.5 Å². The predicted molar refractivity (Wildman–Crippen MR) is 148 cm³/mol. The topological polar surface area (TPSA) is 140 Å². The summed E-state index contributed by atoms with van der Waals surface area (Å²) in [6.45, 7) is 7.03. The summed E-state index contributed by atoms with van der Waals surface area (Å²) in [6, 6.07) is 16.8. The molecular weight excluding hydrogens is 452 g/mol. The van der Waals surface area contributed by atoms with Crippen molar-refractivity contribution in [1.82, 2.24) is 24.8 Å². The number of aromatic nitrogens is 4. The number of anilines is 2. The number of fused-ring (bicyclic) bond motifs is 1. The quantitative estimate of drug-likeness (QED) is 0.203. The van der Waals surface area contributed by atoms with Crippen LogP contribution in [0.4, 0.5) is 11.8 Å². The maximum atomic E-state index is 12.6. The molecule has 4 rings (SSSR count). The first kappa shape index (κ1) is 26.9. The first-order valence-electron chi connectivity index (χ1n) is 12.4. The number of nitrogens with one attached hydrogen (secondary N) is 3. The third-order valence-corrected chi connectivity index (χ3v) is 5.86. The van der Waals surface area contributed by atoms with Gasteiger partial charge in [-0.05, 0) is 37.1 Å². The van der Waals surface area contributed by atoms with E-state index in [0.29, 0.717) is 23.7 Å².